The van der Waals surface area contributed by atoms with Gasteiger partial charge in [0.05, 0.1) is 17.8 Å². The Balaban J connectivity index is 2.01. The summed E-state index contributed by atoms with van der Waals surface area (Å²) in [5, 5.41) is 14.3. The second kappa shape index (κ2) is 6.24. The van der Waals surface area contributed by atoms with Gasteiger partial charge in [0, 0.05) is 17.5 Å². The van der Waals surface area contributed by atoms with Crippen LogP contribution in [0, 0.1) is 13.8 Å². The summed E-state index contributed by atoms with van der Waals surface area (Å²) in [6.07, 6.45) is 0. The van der Waals surface area contributed by atoms with E-state index in [1.165, 1.54) is 4.88 Å². The molecule has 0 fully saturated rings. The molecule has 0 spiro atoms. The van der Waals surface area contributed by atoms with Crippen LogP contribution in [-0.2, 0) is 6.54 Å². The highest BCUT2D eigenvalue weighted by Crippen LogP contribution is 2.27. The van der Waals surface area contributed by atoms with Crippen molar-refractivity contribution in [3.63, 3.8) is 0 Å². The molecule has 1 atom stereocenters. The molecule has 4 nitrogen and oxygen atoms in total. The first-order chi connectivity index (χ1) is 9.51. The molecule has 20 heavy (non-hydrogen) atoms. The van der Waals surface area contributed by atoms with Crippen LogP contribution in [-0.4, -0.2) is 17.2 Å². The van der Waals surface area contributed by atoms with Gasteiger partial charge in [-0.05, 0) is 38.5 Å². The Kier molecular flexibility index (Phi) is 4.62. The van der Waals surface area contributed by atoms with Crippen molar-refractivity contribution in [3.8, 4) is 11.5 Å². The first kappa shape index (κ1) is 14.8. The summed E-state index contributed by atoms with van der Waals surface area (Å²) in [5.41, 5.74) is 2.11. The summed E-state index contributed by atoms with van der Waals surface area (Å²) < 4.78 is 5.04. The van der Waals surface area contributed by atoms with Crippen molar-refractivity contribution in [2.24, 2.45) is 0 Å². The largest absolute Gasteiger partial charge is 0.504 e. The Hall–Kier alpha value is -1.59. The van der Waals surface area contributed by atoms with Crippen molar-refractivity contribution >= 4 is 11.3 Å². The van der Waals surface area contributed by atoms with Gasteiger partial charge < -0.3 is 15.2 Å². The third kappa shape index (κ3) is 3.29. The van der Waals surface area contributed by atoms with E-state index in [4.69, 9.17) is 4.74 Å². The van der Waals surface area contributed by atoms with Crippen LogP contribution in [0.4, 0.5) is 0 Å². The third-order valence-electron chi connectivity index (χ3n) is 3.19. The topological polar surface area (TPSA) is 54.4 Å². The van der Waals surface area contributed by atoms with Crippen LogP contribution in [0.25, 0.3) is 0 Å². The van der Waals surface area contributed by atoms with Crippen LogP contribution in [0.2, 0.25) is 0 Å². The molecule has 1 unspecified atom stereocenters. The molecule has 0 aliphatic carbocycles. The van der Waals surface area contributed by atoms with Gasteiger partial charge in [0.2, 0.25) is 0 Å². The highest BCUT2D eigenvalue weighted by Gasteiger charge is 2.12. The van der Waals surface area contributed by atoms with Gasteiger partial charge in [-0.25, -0.2) is 4.98 Å². The quantitative estimate of drug-likeness (QED) is 0.887. The molecule has 0 amide bonds. The molecule has 0 saturated heterocycles. The van der Waals surface area contributed by atoms with Crippen molar-refractivity contribution in [1.29, 1.82) is 0 Å². The van der Waals surface area contributed by atoms with Gasteiger partial charge in [0.1, 0.15) is 0 Å². The minimum absolute atomic E-state index is 0.171. The third-order valence-corrected chi connectivity index (χ3v) is 4.44. The number of benzene rings is 1. The number of methoxy groups -OCH3 is 1. The molecule has 0 radical (unpaired) electrons. The first-order valence-electron chi connectivity index (χ1n) is 6.54. The van der Waals surface area contributed by atoms with E-state index in [1.54, 1.807) is 30.6 Å². The lowest BCUT2D eigenvalue weighted by molar-refractivity contribution is 0.373. The zero-order chi connectivity index (χ0) is 14.7. The number of aryl methyl sites for hydroxylation is 2. The summed E-state index contributed by atoms with van der Waals surface area (Å²) in [5.74, 6) is 0.667. The predicted molar refractivity (Wildman–Crippen MR) is 81.5 cm³/mol. The number of nitrogens with zero attached hydrogens (tertiary/aromatic N) is 1. The lowest BCUT2D eigenvalue weighted by Gasteiger charge is -2.13. The Morgan fingerprint density at radius 2 is 2.15 bits per heavy atom. The zero-order valence-corrected chi connectivity index (χ0v) is 13.0. The molecule has 2 rings (SSSR count). The second-order valence-corrected chi connectivity index (χ2v) is 6.03. The van der Waals surface area contributed by atoms with Gasteiger partial charge in [0.25, 0.3) is 0 Å². The summed E-state index contributed by atoms with van der Waals surface area (Å²) in [7, 11) is 1.55. The fraction of sp³-hybridized carbons (Fsp3) is 0.400. The van der Waals surface area contributed by atoms with E-state index in [1.807, 2.05) is 19.9 Å². The molecule has 108 valence electrons. The van der Waals surface area contributed by atoms with Gasteiger partial charge in [-0.3, -0.25) is 0 Å². The maximum Gasteiger partial charge on any atom is 0.160 e. The van der Waals surface area contributed by atoms with Crippen molar-refractivity contribution in [2.75, 3.05) is 7.11 Å². The molecule has 1 aromatic carbocycles. The minimum Gasteiger partial charge on any atom is -0.504 e. The lowest BCUT2D eigenvalue weighted by Crippen LogP contribution is -2.17. The van der Waals surface area contributed by atoms with E-state index in [2.05, 4.69) is 17.2 Å². The van der Waals surface area contributed by atoms with E-state index in [0.717, 1.165) is 16.3 Å². The summed E-state index contributed by atoms with van der Waals surface area (Å²) >= 11 is 1.72. The molecule has 0 aliphatic rings. The second-order valence-electron chi connectivity index (χ2n) is 4.79. The van der Waals surface area contributed by atoms with Crippen molar-refractivity contribution in [3.05, 3.63) is 39.3 Å². The van der Waals surface area contributed by atoms with E-state index < -0.39 is 0 Å². The standard InChI is InChI=1S/C15H20N2O2S/c1-9(15-10(2)17-11(3)20-15)16-8-12-5-6-14(19-4)13(18)7-12/h5-7,9,16,18H,8H2,1-4H3. The zero-order valence-electron chi connectivity index (χ0n) is 12.2. The van der Waals surface area contributed by atoms with E-state index in [-0.39, 0.29) is 11.8 Å². The minimum atomic E-state index is 0.171. The lowest BCUT2D eigenvalue weighted by atomic mass is 10.1. The number of ether oxygens (including phenoxy) is 1. The van der Waals surface area contributed by atoms with Gasteiger partial charge in [-0.2, -0.15) is 0 Å². The van der Waals surface area contributed by atoms with Crippen LogP contribution in [0.1, 0.15) is 34.1 Å². The van der Waals surface area contributed by atoms with Crippen LogP contribution in [0.15, 0.2) is 18.2 Å². The van der Waals surface area contributed by atoms with Crippen molar-refractivity contribution in [1.82, 2.24) is 10.3 Å². The average molecular weight is 292 g/mol. The fourth-order valence-electron chi connectivity index (χ4n) is 2.16. The maximum atomic E-state index is 9.76. The van der Waals surface area contributed by atoms with Crippen LogP contribution < -0.4 is 10.1 Å². The smallest absolute Gasteiger partial charge is 0.160 e. The molecule has 1 heterocycles. The number of aromatic hydroxyl groups is 1. The number of rotatable bonds is 5. The van der Waals surface area contributed by atoms with Crippen molar-refractivity contribution < 1.29 is 9.84 Å². The monoisotopic (exact) mass is 292 g/mol. The predicted octanol–water partition coefficient (Wildman–Crippen LogP) is 3.32. The molecule has 2 aromatic rings. The molecule has 0 aliphatic heterocycles. The normalized spacial score (nSPS) is 12.4. The van der Waals surface area contributed by atoms with Crippen molar-refractivity contribution in [2.45, 2.75) is 33.4 Å². The Bertz CT molecular complexity index is 596. The number of phenolic OH excluding ortho intramolecular Hbond substituents is 1. The Labute approximate surface area is 123 Å². The maximum absolute atomic E-state index is 9.76. The van der Waals surface area contributed by atoms with E-state index >= 15 is 0 Å². The molecule has 2 N–H and O–H groups in total. The molecule has 1 aromatic heterocycles. The van der Waals surface area contributed by atoms with Crippen LogP contribution in [0.5, 0.6) is 11.5 Å². The first-order valence-corrected chi connectivity index (χ1v) is 7.36. The molecule has 0 saturated carbocycles. The SMILES string of the molecule is COc1ccc(CNC(C)c2sc(C)nc2C)cc1O. The molecular weight excluding hydrogens is 272 g/mol. The van der Waals surface area contributed by atoms with E-state index in [0.29, 0.717) is 12.3 Å². The van der Waals surface area contributed by atoms with Gasteiger partial charge >= 0.3 is 0 Å². The van der Waals surface area contributed by atoms with Gasteiger partial charge in [-0.1, -0.05) is 6.07 Å². The number of hydrogen-bond acceptors (Lipinski definition) is 5. The number of phenols is 1. The Morgan fingerprint density at radius 1 is 1.40 bits per heavy atom. The highest BCUT2D eigenvalue weighted by atomic mass is 32.1. The fourth-order valence-corrected chi connectivity index (χ4v) is 3.11. The summed E-state index contributed by atoms with van der Waals surface area (Å²) in [6.45, 7) is 6.88. The highest BCUT2D eigenvalue weighted by molar-refractivity contribution is 7.11. The number of thiazole rings is 1. The summed E-state index contributed by atoms with van der Waals surface area (Å²) in [6, 6.07) is 5.69. The summed E-state index contributed by atoms with van der Waals surface area (Å²) in [4.78, 5) is 5.71. The van der Waals surface area contributed by atoms with E-state index in [9.17, 15) is 5.11 Å². The molecular formula is C15H20N2O2S. The number of aromatic nitrogens is 1. The number of nitrogens with one attached hydrogen (secondary N) is 1. The molecule has 5 heteroatoms. The average Bonchev–Trinajstić information content (AvgIpc) is 2.75. The number of hydrogen-bond donors (Lipinski definition) is 2. The van der Waals surface area contributed by atoms with Gasteiger partial charge in [0.15, 0.2) is 11.5 Å². The molecule has 0 bridgehead atoms. The van der Waals surface area contributed by atoms with Crippen LogP contribution >= 0.6 is 11.3 Å². The Morgan fingerprint density at radius 3 is 2.70 bits per heavy atom. The van der Waals surface area contributed by atoms with Crippen LogP contribution in [0.3, 0.4) is 0 Å². The van der Waals surface area contributed by atoms with Gasteiger partial charge in [-0.15, -0.1) is 11.3 Å².